The highest BCUT2D eigenvalue weighted by atomic mass is 32.1. The van der Waals surface area contributed by atoms with E-state index >= 15 is 0 Å². The third-order valence-corrected chi connectivity index (χ3v) is 4.28. The molecule has 6 heteroatoms. The maximum Gasteiger partial charge on any atom is 0.327 e. The number of carbonyl (C=O) groups is 2. The number of amides is 3. The predicted molar refractivity (Wildman–Crippen MR) is 83.8 cm³/mol. The summed E-state index contributed by atoms with van der Waals surface area (Å²) in [6.45, 7) is 0. The molecule has 1 aromatic carbocycles. The van der Waals surface area contributed by atoms with Crippen LogP contribution < -0.4 is 15.5 Å². The van der Waals surface area contributed by atoms with Crippen LogP contribution in [0.1, 0.15) is 5.56 Å². The van der Waals surface area contributed by atoms with E-state index in [2.05, 4.69) is 10.6 Å². The van der Waals surface area contributed by atoms with Gasteiger partial charge in [-0.05, 0) is 29.1 Å². The van der Waals surface area contributed by atoms with Gasteiger partial charge < -0.3 is 5.32 Å². The van der Waals surface area contributed by atoms with E-state index < -0.39 is 6.04 Å². The largest absolute Gasteiger partial charge is 0.357 e. The summed E-state index contributed by atoms with van der Waals surface area (Å²) in [7, 11) is 1.58. The van der Waals surface area contributed by atoms with Gasteiger partial charge in [0.2, 0.25) is 5.91 Å². The molecule has 0 saturated carbocycles. The van der Waals surface area contributed by atoms with Crippen LogP contribution in [0.25, 0.3) is 0 Å². The summed E-state index contributed by atoms with van der Waals surface area (Å²) in [4.78, 5) is 26.2. The Morgan fingerprint density at radius 1 is 1.24 bits per heavy atom. The van der Waals surface area contributed by atoms with Crippen molar-refractivity contribution in [1.29, 1.82) is 0 Å². The summed E-state index contributed by atoms with van der Waals surface area (Å²) in [5.74, 6) is -0.160. The molecule has 1 aliphatic heterocycles. The molecule has 2 N–H and O–H groups in total. The summed E-state index contributed by atoms with van der Waals surface area (Å²) in [6, 6.07) is 10.5. The minimum atomic E-state index is -0.507. The number of nitrogens with one attached hydrogen (secondary N) is 2. The minimum Gasteiger partial charge on any atom is -0.357 e. The van der Waals surface area contributed by atoms with Gasteiger partial charge >= 0.3 is 6.03 Å². The standard InChI is InChI=1S/C15H15N3O2S/c1-16-14(19)12-9-10-5-2-3-6-11(10)18(12)15(20)17-13-7-4-8-21-13/h2-8,12H,9H2,1H3,(H,16,19)(H,17,20). The monoisotopic (exact) mass is 301 g/mol. The fraction of sp³-hybridized carbons (Fsp3) is 0.200. The van der Waals surface area contributed by atoms with Gasteiger partial charge in [-0.25, -0.2) is 4.79 Å². The molecule has 1 aliphatic rings. The van der Waals surface area contributed by atoms with Crippen molar-refractivity contribution >= 4 is 34.0 Å². The van der Waals surface area contributed by atoms with E-state index in [9.17, 15) is 9.59 Å². The van der Waals surface area contributed by atoms with E-state index in [1.54, 1.807) is 7.05 Å². The Balaban J connectivity index is 1.91. The Kier molecular flexibility index (Phi) is 3.62. The van der Waals surface area contributed by atoms with Crippen LogP contribution in [0.3, 0.4) is 0 Å². The predicted octanol–water partition coefficient (Wildman–Crippen LogP) is 2.46. The number of carbonyl (C=O) groups excluding carboxylic acids is 2. The average molecular weight is 301 g/mol. The van der Waals surface area contributed by atoms with E-state index in [1.165, 1.54) is 16.2 Å². The van der Waals surface area contributed by atoms with Gasteiger partial charge in [-0.1, -0.05) is 18.2 Å². The Morgan fingerprint density at radius 3 is 2.76 bits per heavy atom. The second kappa shape index (κ2) is 5.57. The number of nitrogens with zero attached hydrogens (tertiary/aromatic N) is 1. The number of hydrogen-bond acceptors (Lipinski definition) is 3. The molecule has 0 spiro atoms. The van der Waals surface area contributed by atoms with E-state index in [-0.39, 0.29) is 11.9 Å². The maximum atomic E-state index is 12.5. The van der Waals surface area contributed by atoms with Crippen LogP contribution in [-0.2, 0) is 11.2 Å². The number of para-hydroxylation sites is 1. The van der Waals surface area contributed by atoms with Crippen LogP contribution in [0.15, 0.2) is 41.8 Å². The van der Waals surface area contributed by atoms with Crippen molar-refractivity contribution in [3.63, 3.8) is 0 Å². The number of thiophene rings is 1. The fourth-order valence-corrected chi connectivity index (χ4v) is 3.14. The number of anilines is 2. The summed E-state index contributed by atoms with van der Waals surface area (Å²) in [5, 5.41) is 8.12. The van der Waals surface area contributed by atoms with Gasteiger partial charge in [0.25, 0.3) is 0 Å². The van der Waals surface area contributed by atoms with Crippen molar-refractivity contribution < 1.29 is 9.59 Å². The van der Waals surface area contributed by atoms with Gasteiger partial charge in [-0.15, -0.1) is 11.3 Å². The lowest BCUT2D eigenvalue weighted by atomic mass is 10.1. The van der Waals surface area contributed by atoms with Crippen molar-refractivity contribution in [1.82, 2.24) is 5.32 Å². The second-order valence-corrected chi connectivity index (χ2v) is 5.69. The van der Waals surface area contributed by atoms with E-state index in [1.807, 2.05) is 41.8 Å². The van der Waals surface area contributed by atoms with E-state index in [4.69, 9.17) is 0 Å². The van der Waals surface area contributed by atoms with Crippen LogP contribution in [0, 0.1) is 0 Å². The van der Waals surface area contributed by atoms with E-state index in [0.717, 1.165) is 16.3 Å². The first kappa shape index (κ1) is 13.6. The van der Waals surface area contributed by atoms with Crippen LogP contribution in [-0.4, -0.2) is 25.0 Å². The highest BCUT2D eigenvalue weighted by Crippen LogP contribution is 2.33. The number of hydrogen-bond donors (Lipinski definition) is 2. The molecule has 0 aliphatic carbocycles. The Morgan fingerprint density at radius 2 is 2.05 bits per heavy atom. The van der Waals surface area contributed by atoms with Crippen LogP contribution in [0.5, 0.6) is 0 Å². The molecule has 0 bridgehead atoms. The fourth-order valence-electron chi connectivity index (χ4n) is 2.53. The molecule has 1 aromatic heterocycles. The lowest BCUT2D eigenvalue weighted by Crippen LogP contribution is -2.48. The highest BCUT2D eigenvalue weighted by molar-refractivity contribution is 7.14. The van der Waals surface area contributed by atoms with Gasteiger partial charge in [0.05, 0.1) is 5.00 Å². The van der Waals surface area contributed by atoms with Crippen LogP contribution >= 0.6 is 11.3 Å². The summed E-state index contributed by atoms with van der Waals surface area (Å²) in [5.41, 5.74) is 1.80. The Hall–Kier alpha value is -2.34. The van der Waals surface area contributed by atoms with Gasteiger partial charge in [0, 0.05) is 19.2 Å². The normalized spacial score (nSPS) is 16.4. The maximum absolute atomic E-state index is 12.5. The van der Waals surface area contributed by atoms with Crippen LogP contribution in [0.4, 0.5) is 15.5 Å². The third-order valence-electron chi connectivity index (χ3n) is 3.50. The minimum absolute atomic E-state index is 0.160. The van der Waals surface area contributed by atoms with Crippen molar-refractivity contribution in [2.45, 2.75) is 12.5 Å². The first-order chi connectivity index (χ1) is 10.2. The summed E-state index contributed by atoms with van der Waals surface area (Å²) < 4.78 is 0. The van der Waals surface area contributed by atoms with E-state index in [0.29, 0.717) is 6.42 Å². The number of benzene rings is 1. The second-order valence-electron chi connectivity index (χ2n) is 4.74. The molecule has 1 unspecified atom stereocenters. The Bertz CT molecular complexity index is 669. The molecule has 108 valence electrons. The van der Waals surface area contributed by atoms with Crippen molar-refractivity contribution in [2.24, 2.45) is 0 Å². The molecular weight excluding hydrogens is 286 g/mol. The van der Waals surface area contributed by atoms with Crippen molar-refractivity contribution in [3.05, 3.63) is 47.3 Å². The van der Waals surface area contributed by atoms with Crippen molar-refractivity contribution in [3.8, 4) is 0 Å². The van der Waals surface area contributed by atoms with Gasteiger partial charge in [-0.2, -0.15) is 0 Å². The average Bonchev–Trinajstić information content (AvgIpc) is 3.12. The lowest BCUT2D eigenvalue weighted by Gasteiger charge is -2.24. The summed E-state index contributed by atoms with van der Waals surface area (Å²) >= 11 is 1.45. The first-order valence-electron chi connectivity index (χ1n) is 6.64. The molecule has 3 rings (SSSR count). The molecule has 3 amide bonds. The molecule has 2 heterocycles. The molecule has 0 radical (unpaired) electrons. The SMILES string of the molecule is CNC(=O)C1Cc2ccccc2N1C(=O)Nc1cccs1. The number of urea groups is 1. The first-order valence-corrected chi connectivity index (χ1v) is 7.52. The van der Waals surface area contributed by atoms with Gasteiger partial charge in [0.15, 0.2) is 0 Å². The number of likely N-dealkylation sites (N-methyl/N-ethyl adjacent to an activating group) is 1. The zero-order valence-electron chi connectivity index (χ0n) is 11.5. The van der Waals surface area contributed by atoms with Gasteiger partial charge in [0.1, 0.15) is 6.04 Å². The molecular formula is C15H15N3O2S. The lowest BCUT2D eigenvalue weighted by molar-refractivity contribution is -0.121. The highest BCUT2D eigenvalue weighted by Gasteiger charge is 2.37. The number of fused-ring (bicyclic) bond motifs is 1. The third kappa shape index (κ3) is 2.50. The smallest absolute Gasteiger partial charge is 0.327 e. The molecule has 21 heavy (non-hydrogen) atoms. The molecule has 1 atom stereocenters. The summed E-state index contributed by atoms with van der Waals surface area (Å²) in [6.07, 6.45) is 0.535. The zero-order valence-corrected chi connectivity index (χ0v) is 12.3. The topological polar surface area (TPSA) is 61.4 Å². The molecule has 0 fully saturated rings. The molecule has 2 aromatic rings. The van der Waals surface area contributed by atoms with Gasteiger partial charge in [-0.3, -0.25) is 15.0 Å². The molecule has 0 saturated heterocycles. The molecule has 5 nitrogen and oxygen atoms in total. The zero-order chi connectivity index (χ0) is 14.8. The number of rotatable bonds is 2. The van der Waals surface area contributed by atoms with Crippen molar-refractivity contribution in [2.75, 3.05) is 17.3 Å². The Labute approximate surface area is 126 Å². The van der Waals surface area contributed by atoms with Crippen LogP contribution in [0.2, 0.25) is 0 Å². The quantitative estimate of drug-likeness (QED) is 0.895.